The summed E-state index contributed by atoms with van der Waals surface area (Å²) in [5.74, 6) is 12.4. The zero-order valence-corrected chi connectivity index (χ0v) is 46.1. The van der Waals surface area contributed by atoms with E-state index < -0.39 is 15.2 Å². The van der Waals surface area contributed by atoms with Gasteiger partial charge in [-0.2, -0.15) is 0 Å². The Kier molecular flexibility index (Phi) is 26.5. The van der Waals surface area contributed by atoms with Gasteiger partial charge in [0.05, 0.1) is 18.8 Å². The molecule has 7 aromatic heterocycles. The van der Waals surface area contributed by atoms with Crippen molar-refractivity contribution in [1.82, 2.24) is 0 Å². The van der Waals surface area contributed by atoms with Crippen LogP contribution in [0.3, 0.4) is 0 Å². The number of aryl methyl sites for hydroxylation is 3. The molecule has 11 nitrogen and oxygen atoms in total. The van der Waals surface area contributed by atoms with Crippen LogP contribution in [0.1, 0.15) is 201 Å². The van der Waals surface area contributed by atoms with Crippen LogP contribution in [0.15, 0.2) is 158 Å². The van der Waals surface area contributed by atoms with Gasteiger partial charge in [0.1, 0.15) is 64.2 Å². The van der Waals surface area contributed by atoms with Crippen LogP contribution >= 0.6 is 0 Å². The lowest BCUT2D eigenvalue weighted by atomic mass is 10.1. The predicted octanol–water partition coefficient (Wildman–Crippen LogP) is 17.8. The van der Waals surface area contributed by atoms with Crippen molar-refractivity contribution in [2.75, 3.05) is 0 Å². The smallest absolute Gasteiger partial charge is 0.205 e. The summed E-state index contributed by atoms with van der Waals surface area (Å²) in [6, 6.07) is 32.8. The maximum Gasteiger partial charge on any atom is 0.205 e. The first-order valence-electron chi connectivity index (χ1n) is 24.4. The van der Waals surface area contributed by atoms with Crippen LogP contribution in [0.2, 0.25) is 0 Å². The molecular formula is C59H81O11S-. The minimum Gasteiger partial charge on any atom is -0.742 e. The molecule has 0 fully saturated rings. The first kappa shape index (κ1) is 61.2. The summed E-state index contributed by atoms with van der Waals surface area (Å²) in [5.41, 5.74) is 3.68. The van der Waals surface area contributed by atoms with Crippen molar-refractivity contribution < 1.29 is 49.0 Å². The third kappa shape index (κ3) is 23.2. The second-order valence-electron chi connectivity index (χ2n) is 19.2. The molecule has 12 heteroatoms. The summed E-state index contributed by atoms with van der Waals surface area (Å²) in [7, 11) is -4.43. The maximum atomic E-state index is 10.4. The molecule has 0 saturated carbocycles. The molecule has 0 aliphatic heterocycles. The highest BCUT2D eigenvalue weighted by molar-refractivity contribution is 7.85. The van der Waals surface area contributed by atoms with E-state index in [9.17, 15) is 13.0 Å². The fraction of sp³-hybridized carbons (Fsp3) is 0.424. The van der Waals surface area contributed by atoms with Gasteiger partial charge in [0, 0.05) is 41.1 Å². The summed E-state index contributed by atoms with van der Waals surface area (Å²) < 4.78 is 67.8. The highest BCUT2D eigenvalue weighted by atomic mass is 32.2. The Morgan fingerprint density at radius 1 is 0.479 bits per heavy atom. The van der Waals surface area contributed by atoms with Gasteiger partial charge in [-0.15, -0.1) is 0 Å². The van der Waals surface area contributed by atoms with Gasteiger partial charge in [-0.3, -0.25) is 0 Å². The van der Waals surface area contributed by atoms with Crippen molar-refractivity contribution in [3.63, 3.8) is 0 Å². The van der Waals surface area contributed by atoms with E-state index in [-0.39, 0.29) is 12.5 Å². The lowest BCUT2D eigenvalue weighted by Crippen LogP contribution is -1.95. The minimum atomic E-state index is -4.43. The van der Waals surface area contributed by atoms with Crippen LogP contribution in [-0.4, -0.2) is 18.1 Å². The predicted molar refractivity (Wildman–Crippen MR) is 283 cm³/mol. The quantitative estimate of drug-likeness (QED) is 0.129. The number of rotatable bonds is 10. The van der Waals surface area contributed by atoms with E-state index in [2.05, 4.69) is 120 Å². The Hall–Kier alpha value is -5.95. The van der Waals surface area contributed by atoms with Crippen molar-refractivity contribution in [3.05, 3.63) is 185 Å². The second kappa shape index (κ2) is 30.7. The van der Waals surface area contributed by atoms with Gasteiger partial charge in [0.15, 0.2) is 10.1 Å². The number of aliphatic hydroxyl groups is 1. The average molecular weight is 998 g/mol. The molecule has 1 aromatic carbocycles. The average Bonchev–Trinajstić information content (AvgIpc) is 4.16. The molecule has 71 heavy (non-hydrogen) atoms. The van der Waals surface area contributed by atoms with Gasteiger partial charge in [0.25, 0.3) is 0 Å². The summed E-state index contributed by atoms with van der Waals surface area (Å²) >= 11 is 0. The standard InChI is InChI=1S/C14H16O.C8H12O2.2C8H12O.C7H10O4S.2C7H10O/c1-10(2)13-7-8-14(15-13)12-6-4-5-11(3)9-12;1-6(2)8-4-3-7(5-9)10-8;2*1-6(2)8-5-4-7(3)9-8;1-5(2)6-3-4-7(11-6)12(8,9)10;1-6(2)7-3-4-8-5-7;1-6(2)7-4-3-5-8-7/h4-10H,1-3H3;3-4,6,9H,5H2,1-2H3;2*4-6H,1-3H3;3-5H,1-2H3,(H,8,9,10);2*3-6H,1-2H3/p-1. The van der Waals surface area contributed by atoms with Crippen LogP contribution in [0.4, 0.5) is 0 Å². The second-order valence-corrected chi connectivity index (χ2v) is 20.5. The Morgan fingerprint density at radius 2 is 0.958 bits per heavy atom. The molecule has 390 valence electrons. The number of hydrogen-bond acceptors (Lipinski definition) is 11. The molecule has 0 saturated heterocycles. The molecule has 8 rings (SSSR count). The molecule has 7 heterocycles. The summed E-state index contributed by atoms with van der Waals surface area (Å²) in [5, 5.41) is 8.13. The third-order valence-electron chi connectivity index (χ3n) is 10.3. The Labute approximate surface area is 424 Å². The van der Waals surface area contributed by atoms with E-state index in [0.29, 0.717) is 47.0 Å². The first-order valence-corrected chi connectivity index (χ1v) is 25.8. The Morgan fingerprint density at radius 3 is 1.25 bits per heavy atom. The number of hydrogen-bond donors (Lipinski definition) is 1. The summed E-state index contributed by atoms with van der Waals surface area (Å²) in [6.45, 7) is 35.1. The number of benzene rings is 1. The molecule has 0 aliphatic rings. The highest BCUT2D eigenvalue weighted by Crippen LogP contribution is 2.27. The fourth-order valence-electron chi connectivity index (χ4n) is 5.94. The first-order chi connectivity index (χ1) is 33.3. The van der Waals surface area contributed by atoms with E-state index in [1.54, 1.807) is 24.9 Å². The monoisotopic (exact) mass is 998 g/mol. The Bertz CT molecular complexity index is 2610. The van der Waals surface area contributed by atoms with Crippen LogP contribution < -0.4 is 0 Å². The number of aliphatic hydroxyl groups excluding tert-OH is 1. The van der Waals surface area contributed by atoms with E-state index in [1.165, 1.54) is 23.3 Å². The third-order valence-corrected chi connectivity index (χ3v) is 11.0. The van der Waals surface area contributed by atoms with Crippen LogP contribution in [0, 0.1) is 20.8 Å². The summed E-state index contributed by atoms with van der Waals surface area (Å²) in [6.07, 6.45) is 5.19. The van der Waals surface area contributed by atoms with Gasteiger partial charge in [-0.05, 0) is 117 Å². The molecule has 1 N–H and O–H groups in total. The van der Waals surface area contributed by atoms with E-state index in [4.69, 9.17) is 36.0 Å². The van der Waals surface area contributed by atoms with Gasteiger partial charge in [-0.25, -0.2) is 8.42 Å². The zero-order chi connectivity index (χ0) is 53.4. The van der Waals surface area contributed by atoms with Crippen molar-refractivity contribution >= 4 is 10.1 Å². The van der Waals surface area contributed by atoms with E-state index in [1.807, 2.05) is 82.3 Å². The SMILES string of the molecule is CC(C)c1ccc(CO)o1.CC(C)c1ccc(S(=O)(=O)[O-])o1.CC(C)c1ccco1.CC(C)c1ccoc1.Cc1ccc(C(C)C)o1.Cc1ccc(C(C)C)o1.Cc1cccc(-c2ccc(C(C)C)o2)c1. The minimum absolute atomic E-state index is 0.00722. The lowest BCUT2D eigenvalue weighted by molar-refractivity contribution is 0.242. The maximum absolute atomic E-state index is 10.4. The van der Waals surface area contributed by atoms with Gasteiger partial charge >= 0.3 is 0 Å². The molecule has 0 aliphatic carbocycles. The summed E-state index contributed by atoms with van der Waals surface area (Å²) in [4.78, 5) is 0. The molecule has 8 aromatic rings. The largest absolute Gasteiger partial charge is 0.742 e. The van der Waals surface area contributed by atoms with Crippen LogP contribution in [-0.2, 0) is 16.7 Å². The molecule has 0 spiro atoms. The normalized spacial score (nSPS) is 11.0. The molecule has 0 atom stereocenters. The van der Waals surface area contributed by atoms with Crippen molar-refractivity contribution in [2.24, 2.45) is 0 Å². The molecule has 0 radical (unpaired) electrons. The molecular weight excluding hydrogens is 917 g/mol. The van der Waals surface area contributed by atoms with Crippen LogP contribution in [0.25, 0.3) is 11.3 Å². The Balaban J connectivity index is 0.000000287. The van der Waals surface area contributed by atoms with Crippen LogP contribution in [0.5, 0.6) is 0 Å². The van der Waals surface area contributed by atoms with Gasteiger partial charge in [-0.1, -0.05) is 121 Å². The number of furan rings is 7. The lowest BCUT2D eigenvalue weighted by Gasteiger charge is -2.02. The van der Waals surface area contributed by atoms with Crippen molar-refractivity contribution in [1.29, 1.82) is 0 Å². The van der Waals surface area contributed by atoms with E-state index >= 15 is 0 Å². The topological polar surface area (TPSA) is 169 Å². The zero-order valence-electron chi connectivity index (χ0n) is 45.2. The fourth-order valence-corrected chi connectivity index (χ4v) is 6.37. The molecule has 0 amide bonds. The molecule has 0 bridgehead atoms. The molecule has 0 unspecified atom stereocenters. The van der Waals surface area contributed by atoms with Crippen molar-refractivity contribution in [3.8, 4) is 11.3 Å². The van der Waals surface area contributed by atoms with Crippen molar-refractivity contribution in [2.45, 2.75) is 171 Å². The van der Waals surface area contributed by atoms with Gasteiger partial charge < -0.3 is 40.6 Å². The van der Waals surface area contributed by atoms with Gasteiger partial charge in [0.2, 0.25) is 5.09 Å². The highest BCUT2D eigenvalue weighted by Gasteiger charge is 2.11. The van der Waals surface area contributed by atoms with E-state index in [0.717, 1.165) is 51.6 Å².